The Morgan fingerprint density at radius 1 is 1.09 bits per heavy atom. The standard InChI is InChI=1S/C18H17ClN2O2/c19-9-2-1-3-10(6-9)20-8-21-17(22)15-11-4-5-12(14-7-13(11)14)16(15)18(21)23/h1-6,11-16,20H,7-8H2/t11-,12-,13+,14+,15-,16+/m1/s1. The Bertz CT molecular complexity index is 710. The van der Waals surface area contributed by atoms with Gasteiger partial charge >= 0.3 is 0 Å². The molecule has 2 bridgehead atoms. The van der Waals surface area contributed by atoms with E-state index in [-0.39, 0.29) is 42.2 Å². The summed E-state index contributed by atoms with van der Waals surface area (Å²) in [4.78, 5) is 27.0. The Labute approximate surface area is 139 Å². The van der Waals surface area contributed by atoms with Crippen LogP contribution in [0.4, 0.5) is 5.69 Å². The van der Waals surface area contributed by atoms with E-state index >= 15 is 0 Å². The molecule has 5 aliphatic rings. The van der Waals surface area contributed by atoms with Gasteiger partial charge in [-0.25, -0.2) is 0 Å². The van der Waals surface area contributed by atoms with Gasteiger partial charge in [-0.15, -0.1) is 0 Å². The fraction of sp³-hybridized carbons (Fsp3) is 0.444. The first-order chi connectivity index (χ1) is 11.1. The van der Waals surface area contributed by atoms with E-state index in [1.165, 1.54) is 11.3 Å². The van der Waals surface area contributed by atoms with Gasteiger partial charge < -0.3 is 5.32 Å². The molecule has 4 aliphatic carbocycles. The number of nitrogens with zero attached hydrogens (tertiary/aromatic N) is 1. The molecule has 4 nitrogen and oxygen atoms in total. The predicted molar refractivity (Wildman–Crippen MR) is 86.5 cm³/mol. The molecule has 2 saturated carbocycles. The molecule has 0 aromatic heterocycles. The van der Waals surface area contributed by atoms with E-state index < -0.39 is 0 Å². The molecular weight excluding hydrogens is 312 g/mol. The zero-order valence-electron chi connectivity index (χ0n) is 12.5. The maximum absolute atomic E-state index is 12.8. The third-order valence-corrected chi connectivity index (χ3v) is 6.26. The smallest absolute Gasteiger partial charge is 0.235 e. The molecule has 1 aromatic rings. The zero-order chi connectivity index (χ0) is 15.7. The molecule has 3 fully saturated rings. The van der Waals surface area contributed by atoms with Crippen LogP contribution in [-0.2, 0) is 9.59 Å². The second-order valence-electron chi connectivity index (χ2n) is 7.10. The predicted octanol–water partition coefficient (Wildman–Crippen LogP) is 2.76. The van der Waals surface area contributed by atoms with Crippen LogP contribution in [-0.4, -0.2) is 23.4 Å². The largest absolute Gasteiger partial charge is 0.367 e. The Balaban J connectivity index is 1.37. The molecule has 6 atom stereocenters. The zero-order valence-corrected chi connectivity index (χ0v) is 13.2. The Hall–Kier alpha value is -1.81. The van der Waals surface area contributed by atoms with Gasteiger partial charge in [0.1, 0.15) is 0 Å². The van der Waals surface area contributed by atoms with Crippen molar-refractivity contribution < 1.29 is 9.59 Å². The van der Waals surface area contributed by atoms with Crippen molar-refractivity contribution in [1.29, 1.82) is 0 Å². The monoisotopic (exact) mass is 328 g/mol. The van der Waals surface area contributed by atoms with Crippen molar-refractivity contribution in [2.24, 2.45) is 35.5 Å². The number of hydrogen-bond donors (Lipinski definition) is 1. The Morgan fingerprint density at radius 2 is 1.74 bits per heavy atom. The number of imide groups is 1. The lowest BCUT2D eigenvalue weighted by Gasteiger charge is -2.37. The van der Waals surface area contributed by atoms with Crippen LogP contribution in [0.2, 0.25) is 5.02 Å². The highest BCUT2D eigenvalue weighted by molar-refractivity contribution is 6.30. The molecule has 0 radical (unpaired) electrons. The molecule has 0 unspecified atom stereocenters. The summed E-state index contributed by atoms with van der Waals surface area (Å²) in [6.07, 6.45) is 5.58. The van der Waals surface area contributed by atoms with Crippen LogP contribution in [0.15, 0.2) is 36.4 Å². The van der Waals surface area contributed by atoms with Crippen LogP contribution >= 0.6 is 11.6 Å². The summed E-state index contributed by atoms with van der Waals surface area (Å²) in [5, 5.41) is 3.78. The van der Waals surface area contributed by atoms with E-state index in [2.05, 4.69) is 17.5 Å². The minimum absolute atomic E-state index is 0.000715. The third kappa shape index (κ3) is 1.84. The number of hydrogen-bond acceptors (Lipinski definition) is 3. The molecule has 1 aromatic carbocycles. The molecule has 2 amide bonds. The Kier molecular flexibility index (Phi) is 2.72. The highest BCUT2D eigenvalue weighted by Gasteiger charge is 2.66. The molecular formula is C18H17ClN2O2. The number of allylic oxidation sites excluding steroid dienone is 2. The average molecular weight is 329 g/mol. The SMILES string of the molecule is O=C1[C@@H]2[C@@H]3C=C[C@H]([C@@H]4C[C@@H]34)[C@@H]2C(=O)N1CNc1cccc(Cl)c1. The van der Waals surface area contributed by atoms with E-state index in [1.54, 1.807) is 12.1 Å². The number of carbonyl (C=O) groups is 2. The molecule has 23 heavy (non-hydrogen) atoms. The first-order valence-corrected chi connectivity index (χ1v) is 8.56. The van der Waals surface area contributed by atoms with Gasteiger partial charge in [0.2, 0.25) is 11.8 Å². The van der Waals surface area contributed by atoms with Crippen molar-refractivity contribution in [1.82, 2.24) is 4.90 Å². The second-order valence-corrected chi connectivity index (χ2v) is 7.54. The fourth-order valence-electron chi connectivity index (χ4n) is 4.94. The maximum atomic E-state index is 12.8. The topological polar surface area (TPSA) is 49.4 Å². The molecule has 0 spiro atoms. The maximum Gasteiger partial charge on any atom is 0.235 e. The van der Waals surface area contributed by atoms with Gasteiger partial charge in [-0.3, -0.25) is 14.5 Å². The van der Waals surface area contributed by atoms with Crippen LogP contribution in [0.3, 0.4) is 0 Å². The summed E-state index contributed by atoms with van der Waals surface area (Å²) < 4.78 is 0. The van der Waals surface area contributed by atoms with Crippen LogP contribution in [0.1, 0.15) is 6.42 Å². The molecule has 1 N–H and O–H groups in total. The van der Waals surface area contributed by atoms with Gasteiger partial charge in [0, 0.05) is 10.7 Å². The van der Waals surface area contributed by atoms with Gasteiger partial charge in [0.25, 0.3) is 0 Å². The van der Waals surface area contributed by atoms with Gasteiger partial charge in [-0.1, -0.05) is 29.8 Å². The number of anilines is 1. The Morgan fingerprint density at radius 3 is 2.35 bits per heavy atom. The third-order valence-electron chi connectivity index (χ3n) is 6.02. The summed E-state index contributed by atoms with van der Waals surface area (Å²) in [7, 11) is 0. The van der Waals surface area contributed by atoms with Crippen LogP contribution in [0, 0.1) is 35.5 Å². The van der Waals surface area contributed by atoms with Crippen molar-refractivity contribution in [2.75, 3.05) is 12.0 Å². The molecule has 118 valence electrons. The van der Waals surface area contributed by atoms with Crippen LogP contribution in [0.25, 0.3) is 0 Å². The van der Waals surface area contributed by atoms with Gasteiger partial charge in [-0.2, -0.15) is 0 Å². The van der Waals surface area contributed by atoms with E-state index in [0.29, 0.717) is 16.9 Å². The molecule has 5 heteroatoms. The van der Waals surface area contributed by atoms with E-state index in [9.17, 15) is 9.59 Å². The quantitative estimate of drug-likeness (QED) is 0.685. The molecule has 6 rings (SSSR count). The van der Waals surface area contributed by atoms with Gasteiger partial charge in [0.05, 0.1) is 18.5 Å². The number of halogens is 1. The number of benzene rings is 1. The van der Waals surface area contributed by atoms with E-state index in [1.807, 2.05) is 12.1 Å². The fourth-order valence-corrected chi connectivity index (χ4v) is 5.13. The van der Waals surface area contributed by atoms with Crippen molar-refractivity contribution in [3.63, 3.8) is 0 Å². The minimum atomic E-state index is -0.123. The highest BCUT2D eigenvalue weighted by Crippen LogP contribution is 2.65. The number of nitrogens with one attached hydrogen (secondary N) is 1. The first-order valence-electron chi connectivity index (χ1n) is 8.18. The number of amides is 2. The molecule has 1 heterocycles. The van der Waals surface area contributed by atoms with E-state index in [0.717, 1.165) is 5.69 Å². The summed E-state index contributed by atoms with van der Waals surface area (Å²) in [5.41, 5.74) is 0.817. The summed E-state index contributed by atoms with van der Waals surface area (Å²) >= 11 is 5.97. The molecule has 1 saturated heterocycles. The average Bonchev–Trinajstić information content (AvgIpc) is 3.32. The lowest BCUT2D eigenvalue weighted by Crippen LogP contribution is -2.40. The number of likely N-dealkylation sites (tertiary alicyclic amines) is 1. The van der Waals surface area contributed by atoms with Crippen molar-refractivity contribution in [2.45, 2.75) is 6.42 Å². The summed E-state index contributed by atoms with van der Waals surface area (Å²) in [6.45, 7) is 0.222. The first kappa shape index (κ1) is 13.6. The van der Waals surface area contributed by atoms with E-state index in [4.69, 9.17) is 11.6 Å². The normalized spacial score (nSPS) is 39.4. The van der Waals surface area contributed by atoms with Crippen LogP contribution in [0.5, 0.6) is 0 Å². The van der Waals surface area contributed by atoms with Gasteiger partial charge in [-0.05, 0) is 48.3 Å². The van der Waals surface area contributed by atoms with Crippen molar-refractivity contribution in [3.05, 3.63) is 41.4 Å². The highest BCUT2D eigenvalue weighted by atomic mass is 35.5. The number of carbonyl (C=O) groups excluding carboxylic acids is 2. The van der Waals surface area contributed by atoms with Crippen molar-refractivity contribution in [3.8, 4) is 0 Å². The minimum Gasteiger partial charge on any atom is -0.367 e. The van der Waals surface area contributed by atoms with Crippen molar-refractivity contribution >= 4 is 29.1 Å². The van der Waals surface area contributed by atoms with Gasteiger partial charge in [0.15, 0.2) is 0 Å². The second kappa shape index (κ2) is 4.60. The molecule has 1 aliphatic heterocycles. The summed E-state index contributed by atoms with van der Waals surface area (Å²) in [5.74, 6) is 1.60. The lowest BCUT2D eigenvalue weighted by molar-refractivity contribution is -0.139. The lowest BCUT2D eigenvalue weighted by atomic mass is 9.63. The number of rotatable bonds is 3. The van der Waals surface area contributed by atoms with Crippen LogP contribution < -0.4 is 5.32 Å². The summed E-state index contributed by atoms with van der Waals surface area (Å²) in [6, 6.07) is 7.31.